The molecule has 9 heteroatoms. The monoisotopic (exact) mass is 543 g/mol. The van der Waals surface area contributed by atoms with Crippen molar-refractivity contribution >= 4 is 62.4 Å². The first-order valence-corrected chi connectivity index (χ1v) is 10.9. The molecule has 162 valence electrons. The molecular formula is C22H17BrCl3NO4. The van der Waals surface area contributed by atoms with Gasteiger partial charge >= 0.3 is 5.97 Å². The highest BCUT2D eigenvalue weighted by Crippen LogP contribution is 2.38. The molecule has 0 unspecified atom stereocenters. The lowest BCUT2D eigenvalue weighted by atomic mass is 10.1. The van der Waals surface area contributed by atoms with Crippen molar-refractivity contribution in [1.82, 2.24) is 0 Å². The molecule has 0 spiro atoms. The third kappa shape index (κ3) is 5.77. The fourth-order valence-corrected chi connectivity index (χ4v) is 3.93. The molecule has 3 aromatic carbocycles. The zero-order chi connectivity index (χ0) is 22.5. The van der Waals surface area contributed by atoms with E-state index in [4.69, 9.17) is 44.3 Å². The van der Waals surface area contributed by atoms with E-state index in [0.29, 0.717) is 38.8 Å². The number of benzene rings is 3. The number of anilines is 1. The van der Waals surface area contributed by atoms with Crippen molar-refractivity contribution in [3.05, 3.63) is 84.8 Å². The Morgan fingerprint density at radius 3 is 2.52 bits per heavy atom. The van der Waals surface area contributed by atoms with Gasteiger partial charge in [0.05, 0.1) is 23.4 Å². The first-order chi connectivity index (χ1) is 14.8. The Bertz CT molecular complexity index is 1120. The highest BCUT2D eigenvalue weighted by atomic mass is 79.9. The molecule has 5 nitrogen and oxygen atoms in total. The van der Waals surface area contributed by atoms with Crippen molar-refractivity contribution in [2.75, 3.05) is 12.4 Å². The van der Waals surface area contributed by atoms with Crippen LogP contribution < -0.4 is 14.8 Å². The van der Waals surface area contributed by atoms with Crippen molar-refractivity contribution in [1.29, 1.82) is 0 Å². The lowest BCUT2D eigenvalue weighted by Gasteiger charge is -2.18. The second-order valence-corrected chi connectivity index (χ2v) is 8.54. The van der Waals surface area contributed by atoms with E-state index in [1.54, 1.807) is 31.4 Å². The first-order valence-electron chi connectivity index (χ1n) is 8.99. The second kappa shape index (κ2) is 10.5. The smallest absolute Gasteiger partial charge is 0.335 e. The lowest BCUT2D eigenvalue weighted by Crippen LogP contribution is -2.07. The van der Waals surface area contributed by atoms with Crippen LogP contribution in [0, 0.1) is 0 Å². The number of ether oxygens (including phenoxy) is 2. The number of hydrogen-bond acceptors (Lipinski definition) is 4. The van der Waals surface area contributed by atoms with Gasteiger partial charge in [-0.25, -0.2) is 4.79 Å². The van der Waals surface area contributed by atoms with Crippen molar-refractivity contribution in [3.8, 4) is 11.5 Å². The molecule has 3 rings (SSSR count). The Kier molecular flexibility index (Phi) is 7.94. The Morgan fingerprint density at radius 2 is 1.84 bits per heavy atom. The van der Waals surface area contributed by atoms with Gasteiger partial charge in [-0.15, -0.1) is 0 Å². The fourth-order valence-electron chi connectivity index (χ4n) is 2.83. The van der Waals surface area contributed by atoms with E-state index in [0.717, 1.165) is 15.6 Å². The van der Waals surface area contributed by atoms with Crippen LogP contribution in [0.1, 0.15) is 21.5 Å². The Balaban J connectivity index is 1.88. The van der Waals surface area contributed by atoms with E-state index in [1.165, 1.54) is 18.2 Å². The minimum Gasteiger partial charge on any atom is -0.493 e. The molecule has 0 atom stereocenters. The molecule has 3 aromatic rings. The van der Waals surface area contributed by atoms with Gasteiger partial charge in [-0.3, -0.25) is 0 Å². The van der Waals surface area contributed by atoms with Crippen molar-refractivity contribution in [2.24, 2.45) is 0 Å². The average molecular weight is 546 g/mol. The molecule has 0 fully saturated rings. The zero-order valence-corrected chi connectivity index (χ0v) is 20.1. The predicted molar refractivity (Wildman–Crippen MR) is 127 cm³/mol. The number of aromatic carboxylic acids is 1. The maximum absolute atomic E-state index is 11.3. The summed E-state index contributed by atoms with van der Waals surface area (Å²) >= 11 is 22.0. The summed E-state index contributed by atoms with van der Waals surface area (Å²) in [5.41, 5.74) is 2.15. The molecule has 0 bridgehead atoms. The van der Waals surface area contributed by atoms with E-state index in [2.05, 4.69) is 21.2 Å². The molecular weight excluding hydrogens is 529 g/mol. The number of hydrogen-bond donors (Lipinski definition) is 2. The molecule has 0 aliphatic rings. The van der Waals surface area contributed by atoms with Gasteiger partial charge in [-0.05, 0) is 42.5 Å². The van der Waals surface area contributed by atoms with E-state index >= 15 is 0 Å². The largest absolute Gasteiger partial charge is 0.493 e. The topological polar surface area (TPSA) is 67.8 Å². The summed E-state index contributed by atoms with van der Waals surface area (Å²) < 4.78 is 12.3. The molecule has 0 aromatic heterocycles. The predicted octanol–water partition coefficient (Wildman–Crippen LogP) is 7.31. The second-order valence-electron chi connectivity index (χ2n) is 6.44. The quantitative estimate of drug-likeness (QED) is 0.311. The summed E-state index contributed by atoms with van der Waals surface area (Å²) in [7, 11) is 1.55. The van der Waals surface area contributed by atoms with E-state index in [-0.39, 0.29) is 12.2 Å². The first kappa shape index (κ1) is 23.5. The van der Waals surface area contributed by atoms with Gasteiger partial charge in [-0.2, -0.15) is 0 Å². The molecule has 2 N–H and O–H groups in total. The van der Waals surface area contributed by atoms with Crippen LogP contribution in [0.15, 0.2) is 53.0 Å². The van der Waals surface area contributed by atoms with Crippen LogP contribution in [0.3, 0.4) is 0 Å². The molecule has 0 aliphatic heterocycles. The highest BCUT2D eigenvalue weighted by molar-refractivity contribution is 9.10. The standard InChI is InChI=1S/C22H17BrCl3NO4/c1-30-20-7-5-16(23)15(10-27-19-8-12(22(28)29)3-6-17(19)25)21(20)31-11-13-2-4-14(24)9-18(13)26/h2-9,27H,10-11H2,1H3,(H,28,29). The molecule has 0 heterocycles. The summed E-state index contributed by atoms with van der Waals surface area (Å²) in [6.07, 6.45) is 0. The van der Waals surface area contributed by atoms with Crippen LogP contribution in [0.4, 0.5) is 5.69 Å². The normalized spacial score (nSPS) is 10.6. The summed E-state index contributed by atoms with van der Waals surface area (Å²) in [5.74, 6) is 0.0162. The SMILES string of the molecule is COc1ccc(Br)c(CNc2cc(C(=O)O)ccc2Cl)c1OCc1ccc(Cl)cc1Cl. The third-order valence-corrected chi connectivity index (χ3v) is 6.10. The average Bonchev–Trinajstić information content (AvgIpc) is 2.73. The highest BCUT2D eigenvalue weighted by Gasteiger charge is 2.17. The van der Waals surface area contributed by atoms with Crippen molar-refractivity contribution in [2.45, 2.75) is 13.2 Å². The molecule has 0 amide bonds. The fraction of sp³-hybridized carbons (Fsp3) is 0.136. The lowest BCUT2D eigenvalue weighted by molar-refractivity contribution is 0.0697. The Hall–Kier alpha value is -2.12. The number of rotatable bonds is 8. The summed E-state index contributed by atoms with van der Waals surface area (Å²) in [4.78, 5) is 11.3. The third-order valence-electron chi connectivity index (χ3n) is 4.44. The molecule has 0 saturated carbocycles. The maximum Gasteiger partial charge on any atom is 0.335 e. The number of methoxy groups -OCH3 is 1. The Labute approximate surface area is 203 Å². The van der Waals surface area contributed by atoms with Gasteiger partial charge in [0.1, 0.15) is 6.61 Å². The number of carbonyl (C=O) groups is 1. The summed E-state index contributed by atoms with van der Waals surface area (Å²) in [6.45, 7) is 0.495. The van der Waals surface area contributed by atoms with Gasteiger partial charge in [0, 0.05) is 32.2 Å². The summed E-state index contributed by atoms with van der Waals surface area (Å²) in [6, 6.07) is 13.3. The van der Waals surface area contributed by atoms with Crippen molar-refractivity contribution < 1.29 is 19.4 Å². The zero-order valence-electron chi connectivity index (χ0n) is 16.2. The number of carboxylic acids is 1. The Morgan fingerprint density at radius 1 is 1.06 bits per heavy atom. The number of nitrogens with one attached hydrogen (secondary N) is 1. The van der Waals surface area contributed by atoms with E-state index in [1.807, 2.05) is 6.07 Å². The summed E-state index contributed by atoms with van der Waals surface area (Å²) in [5, 5.41) is 13.8. The number of halogens is 4. The van der Waals surface area contributed by atoms with E-state index in [9.17, 15) is 9.90 Å². The maximum atomic E-state index is 11.3. The van der Waals surface area contributed by atoms with Gasteiger partial charge in [-0.1, -0.05) is 56.8 Å². The minimum absolute atomic E-state index is 0.130. The van der Waals surface area contributed by atoms with Gasteiger partial charge in [0.2, 0.25) is 0 Å². The van der Waals surface area contributed by atoms with Crippen LogP contribution in [0.5, 0.6) is 11.5 Å². The van der Waals surface area contributed by atoms with Crippen LogP contribution in [0.25, 0.3) is 0 Å². The van der Waals surface area contributed by atoms with Gasteiger partial charge in [0.25, 0.3) is 0 Å². The van der Waals surface area contributed by atoms with Crippen LogP contribution >= 0.6 is 50.7 Å². The van der Waals surface area contributed by atoms with Crippen LogP contribution in [-0.2, 0) is 13.2 Å². The molecule has 0 radical (unpaired) electrons. The molecule has 31 heavy (non-hydrogen) atoms. The van der Waals surface area contributed by atoms with Gasteiger partial charge < -0.3 is 19.9 Å². The minimum atomic E-state index is -1.04. The van der Waals surface area contributed by atoms with Gasteiger partial charge in [0.15, 0.2) is 11.5 Å². The number of carboxylic acid groups (broad SMARTS) is 1. The molecule has 0 aliphatic carbocycles. The van der Waals surface area contributed by atoms with Crippen LogP contribution in [-0.4, -0.2) is 18.2 Å². The van der Waals surface area contributed by atoms with E-state index < -0.39 is 5.97 Å². The molecule has 0 saturated heterocycles. The van der Waals surface area contributed by atoms with Crippen molar-refractivity contribution in [3.63, 3.8) is 0 Å². The van der Waals surface area contributed by atoms with Crippen LogP contribution in [0.2, 0.25) is 15.1 Å².